The molecule has 0 radical (unpaired) electrons. The highest BCUT2D eigenvalue weighted by atomic mass is 32.1. The summed E-state index contributed by atoms with van der Waals surface area (Å²) >= 11 is 1.26. The smallest absolute Gasteiger partial charge is 0.296 e. The van der Waals surface area contributed by atoms with Crippen molar-refractivity contribution in [2.75, 3.05) is 12.3 Å². The molecule has 0 fully saturated rings. The van der Waals surface area contributed by atoms with Gasteiger partial charge in [-0.3, -0.25) is 4.79 Å². The molecule has 7 heteroatoms. The van der Waals surface area contributed by atoms with Crippen LogP contribution in [-0.2, 0) is 6.42 Å². The molecule has 0 aliphatic heterocycles. The molecule has 0 unspecified atom stereocenters. The third-order valence-electron chi connectivity index (χ3n) is 1.72. The van der Waals surface area contributed by atoms with Crippen LogP contribution in [0.15, 0.2) is 10.2 Å². The van der Waals surface area contributed by atoms with E-state index >= 15 is 0 Å². The van der Waals surface area contributed by atoms with Crippen LogP contribution in [0.3, 0.4) is 0 Å². The number of anilines is 1. The largest absolute Gasteiger partial charge is 0.396 e. The Morgan fingerprint density at radius 1 is 1.64 bits per heavy atom. The van der Waals surface area contributed by atoms with Crippen LogP contribution in [0.25, 0.3) is 4.96 Å². The van der Waals surface area contributed by atoms with Gasteiger partial charge in [0.15, 0.2) is 0 Å². The van der Waals surface area contributed by atoms with Gasteiger partial charge in [0, 0.05) is 18.4 Å². The van der Waals surface area contributed by atoms with Gasteiger partial charge in [-0.15, -0.1) is 11.3 Å². The monoisotopic (exact) mass is 212 g/mol. The molecule has 3 N–H and O–H groups in total. The van der Waals surface area contributed by atoms with Crippen LogP contribution in [0, 0.1) is 0 Å². The molecule has 0 atom stereocenters. The maximum atomic E-state index is 11.3. The fraction of sp³-hybridized carbons (Fsp3) is 0.286. The molecule has 74 valence electrons. The molecule has 2 rings (SSSR count). The highest BCUT2D eigenvalue weighted by Gasteiger charge is 2.07. The van der Waals surface area contributed by atoms with Crippen molar-refractivity contribution in [3.05, 3.63) is 21.4 Å². The van der Waals surface area contributed by atoms with Crippen LogP contribution in [0.4, 0.5) is 5.82 Å². The quantitative estimate of drug-likeness (QED) is 0.684. The zero-order chi connectivity index (χ0) is 10.1. The number of hydrogen-bond acceptors (Lipinski definition) is 6. The average Bonchev–Trinajstić information content (AvgIpc) is 2.49. The highest BCUT2D eigenvalue weighted by Crippen LogP contribution is 2.12. The molecule has 2 aromatic rings. The summed E-state index contributed by atoms with van der Waals surface area (Å²) in [6, 6.07) is 0. The van der Waals surface area contributed by atoms with Crippen molar-refractivity contribution in [2.24, 2.45) is 0 Å². The second kappa shape index (κ2) is 3.35. The molecule has 0 aliphatic rings. The van der Waals surface area contributed by atoms with E-state index in [4.69, 9.17) is 10.8 Å². The van der Waals surface area contributed by atoms with Gasteiger partial charge >= 0.3 is 0 Å². The number of nitrogen functional groups attached to an aromatic ring is 1. The van der Waals surface area contributed by atoms with Gasteiger partial charge in [-0.05, 0) is 0 Å². The minimum atomic E-state index is -0.402. The van der Waals surface area contributed by atoms with E-state index in [-0.39, 0.29) is 18.7 Å². The van der Waals surface area contributed by atoms with E-state index < -0.39 is 5.56 Å². The van der Waals surface area contributed by atoms with Gasteiger partial charge in [0.25, 0.3) is 5.56 Å². The van der Waals surface area contributed by atoms with Crippen LogP contribution in [0.2, 0.25) is 0 Å². The number of aliphatic hydroxyl groups excluding tert-OH is 1. The molecule has 14 heavy (non-hydrogen) atoms. The second-order valence-electron chi connectivity index (χ2n) is 2.69. The van der Waals surface area contributed by atoms with Gasteiger partial charge in [0.2, 0.25) is 4.96 Å². The Labute approximate surface area is 82.6 Å². The number of rotatable bonds is 2. The maximum Gasteiger partial charge on any atom is 0.296 e. The maximum absolute atomic E-state index is 11.3. The van der Waals surface area contributed by atoms with Crippen molar-refractivity contribution >= 4 is 22.1 Å². The van der Waals surface area contributed by atoms with Gasteiger partial charge in [-0.2, -0.15) is 14.6 Å². The first-order valence-electron chi connectivity index (χ1n) is 3.96. The van der Waals surface area contributed by atoms with Crippen LogP contribution >= 0.6 is 11.3 Å². The first-order chi connectivity index (χ1) is 6.72. The molecular weight excluding hydrogens is 204 g/mol. The zero-order valence-electron chi connectivity index (χ0n) is 7.17. The van der Waals surface area contributed by atoms with Crippen LogP contribution in [-0.4, -0.2) is 26.3 Å². The summed E-state index contributed by atoms with van der Waals surface area (Å²) in [7, 11) is 0. The summed E-state index contributed by atoms with van der Waals surface area (Å²) in [5.41, 5.74) is 5.43. The summed E-state index contributed by atoms with van der Waals surface area (Å²) in [6.07, 6.45) is 0.198. The van der Waals surface area contributed by atoms with E-state index in [1.54, 1.807) is 5.38 Å². The number of nitrogens with two attached hydrogens (primary N) is 1. The lowest BCUT2D eigenvalue weighted by molar-refractivity contribution is 0.297. The average molecular weight is 212 g/mol. The molecule has 0 saturated heterocycles. The van der Waals surface area contributed by atoms with Gasteiger partial charge in [0.05, 0.1) is 0 Å². The first-order valence-corrected chi connectivity index (χ1v) is 4.84. The SMILES string of the molecule is Nc1csc2nc(=O)c(CCO)nn12. The predicted octanol–water partition coefficient (Wildman–Crippen LogP) is -0.732. The number of nitrogens with zero attached hydrogens (tertiary/aromatic N) is 3. The second-order valence-corrected chi connectivity index (χ2v) is 3.53. The van der Waals surface area contributed by atoms with Crippen molar-refractivity contribution in [2.45, 2.75) is 6.42 Å². The van der Waals surface area contributed by atoms with E-state index in [2.05, 4.69) is 10.1 Å². The Morgan fingerprint density at radius 3 is 3.14 bits per heavy atom. The molecule has 0 amide bonds. The minimum Gasteiger partial charge on any atom is -0.396 e. The Kier molecular flexibility index (Phi) is 2.18. The predicted molar refractivity (Wildman–Crippen MR) is 52.3 cm³/mol. The van der Waals surface area contributed by atoms with E-state index in [1.165, 1.54) is 15.9 Å². The Hall–Kier alpha value is -1.47. The number of fused-ring (bicyclic) bond motifs is 1. The van der Waals surface area contributed by atoms with E-state index in [9.17, 15) is 4.79 Å². The van der Waals surface area contributed by atoms with Crippen molar-refractivity contribution in [1.82, 2.24) is 14.6 Å². The lowest BCUT2D eigenvalue weighted by atomic mass is 10.3. The van der Waals surface area contributed by atoms with Gasteiger partial charge in [-0.1, -0.05) is 0 Å². The summed E-state index contributed by atoms with van der Waals surface area (Å²) in [4.78, 5) is 15.6. The van der Waals surface area contributed by atoms with Crippen molar-refractivity contribution in [3.8, 4) is 0 Å². The number of thiazole rings is 1. The number of hydrogen-bond donors (Lipinski definition) is 2. The highest BCUT2D eigenvalue weighted by molar-refractivity contribution is 7.15. The Bertz CT molecular complexity index is 518. The van der Waals surface area contributed by atoms with E-state index in [1.807, 2.05) is 0 Å². The van der Waals surface area contributed by atoms with Crippen molar-refractivity contribution < 1.29 is 5.11 Å². The molecular formula is C7H8N4O2S. The first kappa shape index (κ1) is 9.10. The summed E-state index contributed by atoms with van der Waals surface area (Å²) in [5, 5.41) is 14.3. The normalized spacial score (nSPS) is 10.9. The fourth-order valence-corrected chi connectivity index (χ4v) is 1.78. The molecule has 0 aliphatic carbocycles. The number of aromatic nitrogens is 3. The molecule has 0 saturated carbocycles. The summed E-state index contributed by atoms with van der Waals surface area (Å²) in [6.45, 7) is -0.125. The summed E-state index contributed by atoms with van der Waals surface area (Å²) < 4.78 is 1.40. The lowest BCUT2D eigenvalue weighted by Gasteiger charge is -1.97. The topological polar surface area (TPSA) is 93.5 Å². The van der Waals surface area contributed by atoms with Gasteiger partial charge in [0.1, 0.15) is 11.5 Å². The standard InChI is InChI=1S/C7H8N4O2S/c8-5-3-14-7-9-6(13)4(1-2-12)10-11(5)7/h3,12H,1-2,8H2. The molecule has 2 heterocycles. The molecule has 0 bridgehead atoms. The van der Waals surface area contributed by atoms with Gasteiger partial charge < -0.3 is 10.8 Å². The van der Waals surface area contributed by atoms with Crippen molar-refractivity contribution in [1.29, 1.82) is 0 Å². The molecule has 6 nitrogen and oxygen atoms in total. The van der Waals surface area contributed by atoms with Gasteiger partial charge in [-0.25, -0.2) is 0 Å². The summed E-state index contributed by atoms with van der Waals surface area (Å²) in [5.74, 6) is 0.441. The Morgan fingerprint density at radius 2 is 2.43 bits per heavy atom. The zero-order valence-corrected chi connectivity index (χ0v) is 7.99. The molecule has 0 aromatic carbocycles. The van der Waals surface area contributed by atoms with E-state index in [0.29, 0.717) is 10.8 Å². The van der Waals surface area contributed by atoms with Crippen LogP contribution in [0.5, 0.6) is 0 Å². The van der Waals surface area contributed by atoms with Crippen LogP contribution < -0.4 is 11.3 Å². The Balaban J connectivity index is 2.68. The fourth-order valence-electron chi connectivity index (χ4n) is 1.08. The van der Waals surface area contributed by atoms with Crippen molar-refractivity contribution in [3.63, 3.8) is 0 Å². The lowest BCUT2D eigenvalue weighted by Crippen LogP contribution is -2.19. The van der Waals surface area contributed by atoms with Crippen LogP contribution in [0.1, 0.15) is 5.69 Å². The minimum absolute atomic E-state index is 0.125. The van der Waals surface area contributed by atoms with E-state index in [0.717, 1.165) is 0 Å². The number of aliphatic hydroxyl groups is 1. The third kappa shape index (κ3) is 1.36. The molecule has 2 aromatic heterocycles. The third-order valence-corrected chi connectivity index (χ3v) is 2.56. The molecule has 0 spiro atoms.